The van der Waals surface area contributed by atoms with Gasteiger partial charge < -0.3 is 14.5 Å². The molecule has 1 aromatic carbocycles. The molecule has 6 nitrogen and oxygen atoms in total. The summed E-state index contributed by atoms with van der Waals surface area (Å²) in [4.78, 5) is 16.4. The van der Waals surface area contributed by atoms with Crippen molar-refractivity contribution in [1.82, 2.24) is 19.9 Å². The fraction of sp³-hybridized carbons (Fsp3) is 0.105. The van der Waals surface area contributed by atoms with Gasteiger partial charge in [0, 0.05) is 24.2 Å². The molecule has 1 unspecified atom stereocenters. The van der Waals surface area contributed by atoms with E-state index in [1.807, 2.05) is 48.7 Å². The molecule has 0 amide bonds. The van der Waals surface area contributed by atoms with Crippen molar-refractivity contribution in [1.29, 1.82) is 0 Å². The van der Waals surface area contributed by atoms with Gasteiger partial charge in [0.15, 0.2) is 29.1 Å². The predicted molar refractivity (Wildman–Crippen MR) is 92.4 cm³/mol. The van der Waals surface area contributed by atoms with E-state index in [2.05, 4.69) is 19.9 Å². The van der Waals surface area contributed by atoms with Crippen molar-refractivity contribution in [3.63, 3.8) is 0 Å². The molecule has 0 saturated carbocycles. The Balaban J connectivity index is 1.49. The molecule has 4 aromatic rings. The minimum absolute atomic E-state index is 0.284. The lowest BCUT2D eigenvalue weighted by Gasteiger charge is -2.24. The van der Waals surface area contributed by atoms with Gasteiger partial charge in [-0.1, -0.05) is 12.1 Å². The number of imidazole rings is 1. The lowest BCUT2D eigenvalue weighted by molar-refractivity contribution is 0.0859. The molecule has 5 rings (SSSR count). The van der Waals surface area contributed by atoms with Crippen LogP contribution in [-0.4, -0.2) is 26.5 Å². The second-order valence-electron chi connectivity index (χ2n) is 5.82. The average Bonchev–Trinajstić information content (AvgIpc) is 3.11. The maximum atomic E-state index is 6.01. The molecule has 4 heterocycles. The third kappa shape index (κ3) is 2.48. The van der Waals surface area contributed by atoms with Gasteiger partial charge in [-0.2, -0.15) is 0 Å². The number of hydrogen-bond acceptors (Lipinski definition) is 5. The van der Waals surface area contributed by atoms with Gasteiger partial charge in [-0.3, -0.25) is 4.98 Å². The Morgan fingerprint density at radius 3 is 2.72 bits per heavy atom. The molecular formula is C19H14N4O2. The Kier molecular flexibility index (Phi) is 3.13. The zero-order chi connectivity index (χ0) is 16.6. The highest BCUT2D eigenvalue weighted by atomic mass is 16.6. The van der Waals surface area contributed by atoms with Crippen LogP contribution in [0.5, 0.6) is 11.5 Å². The normalized spacial score (nSPS) is 16.1. The molecule has 6 heteroatoms. The largest absolute Gasteiger partial charge is 0.485 e. The minimum atomic E-state index is -0.284. The predicted octanol–water partition coefficient (Wildman–Crippen LogP) is 3.53. The first kappa shape index (κ1) is 14.0. The summed E-state index contributed by atoms with van der Waals surface area (Å²) in [5.41, 5.74) is 3.60. The van der Waals surface area contributed by atoms with Crippen molar-refractivity contribution >= 4 is 11.2 Å². The molecule has 3 aromatic heterocycles. The van der Waals surface area contributed by atoms with Crippen LogP contribution in [0.3, 0.4) is 0 Å². The van der Waals surface area contributed by atoms with Gasteiger partial charge >= 0.3 is 0 Å². The minimum Gasteiger partial charge on any atom is -0.485 e. The molecule has 1 N–H and O–H groups in total. The van der Waals surface area contributed by atoms with Gasteiger partial charge in [0.2, 0.25) is 0 Å². The standard InChI is InChI=1S/C19H14N4O2/c1-2-4-16-15(3-1)24-11-17(25-16)19-22-14-9-13(10-21-18(14)23-19)12-5-7-20-8-6-12/h1-10,17H,11H2,(H,21,22,23). The number of pyridine rings is 2. The van der Waals surface area contributed by atoms with Crippen LogP contribution in [0.1, 0.15) is 11.9 Å². The van der Waals surface area contributed by atoms with Crippen molar-refractivity contribution < 1.29 is 9.47 Å². The van der Waals surface area contributed by atoms with Crippen LogP contribution >= 0.6 is 0 Å². The van der Waals surface area contributed by atoms with E-state index in [4.69, 9.17) is 9.47 Å². The van der Waals surface area contributed by atoms with Gasteiger partial charge in [-0.25, -0.2) is 9.97 Å². The second kappa shape index (κ2) is 5.59. The third-order valence-electron chi connectivity index (χ3n) is 4.18. The van der Waals surface area contributed by atoms with Gasteiger partial charge in [-0.15, -0.1) is 0 Å². The third-order valence-corrected chi connectivity index (χ3v) is 4.18. The highest BCUT2D eigenvalue weighted by Gasteiger charge is 2.25. The molecule has 0 aliphatic carbocycles. The summed E-state index contributed by atoms with van der Waals surface area (Å²) < 4.78 is 11.8. The van der Waals surface area contributed by atoms with Crippen LogP contribution in [-0.2, 0) is 0 Å². The number of para-hydroxylation sites is 2. The summed E-state index contributed by atoms with van der Waals surface area (Å²) >= 11 is 0. The Morgan fingerprint density at radius 2 is 1.84 bits per heavy atom. The Hall–Kier alpha value is -3.41. The van der Waals surface area contributed by atoms with Crippen LogP contribution < -0.4 is 9.47 Å². The molecule has 25 heavy (non-hydrogen) atoms. The number of fused-ring (bicyclic) bond motifs is 2. The van der Waals surface area contributed by atoms with Crippen molar-refractivity contribution in [2.24, 2.45) is 0 Å². The highest BCUT2D eigenvalue weighted by Crippen LogP contribution is 2.35. The van der Waals surface area contributed by atoms with E-state index in [-0.39, 0.29) is 6.10 Å². The molecule has 0 fully saturated rings. The smallest absolute Gasteiger partial charge is 0.190 e. The van der Waals surface area contributed by atoms with Crippen molar-refractivity contribution in [2.45, 2.75) is 6.10 Å². The molecule has 0 bridgehead atoms. The first-order valence-corrected chi connectivity index (χ1v) is 8.01. The van der Waals surface area contributed by atoms with Crippen LogP contribution in [0.4, 0.5) is 0 Å². The van der Waals surface area contributed by atoms with Crippen molar-refractivity contribution in [3.8, 4) is 22.6 Å². The number of hydrogen-bond donors (Lipinski definition) is 1. The number of aromatic amines is 1. The number of nitrogens with one attached hydrogen (secondary N) is 1. The summed E-state index contributed by atoms with van der Waals surface area (Å²) in [6.07, 6.45) is 5.06. The van der Waals surface area contributed by atoms with E-state index in [1.54, 1.807) is 12.4 Å². The second-order valence-corrected chi connectivity index (χ2v) is 5.82. The van der Waals surface area contributed by atoms with E-state index >= 15 is 0 Å². The lowest BCUT2D eigenvalue weighted by atomic mass is 10.1. The Labute approximate surface area is 143 Å². The lowest BCUT2D eigenvalue weighted by Crippen LogP contribution is -2.22. The first-order valence-electron chi connectivity index (χ1n) is 8.01. The average molecular weight is 330 g/mol. The maximum absolute atomic E-state index is 6.01. The fourth-order valence-electron chi connectivity index (χ4n) is 2.93. The molecule has 0 spiro atoms. The van der Waals surface area contributed by atoms with Crippen LogP contribution in [0.25, 0.3) is 22.3 Å². The molecule has 1 aliphatic heterocycles. The number of nitrogens with zero attached hydrogens (tertiary/aromatic N) is 3. The van der Waals surface area contributed by atoms with E-state index in [9.17, 15) is 0 Å². The molecule has 1 aliphatic rings. The first-order chi connectivity index (χ1) is 12.4. The van der Waals surface area contributed by atoms with Gasteiger partial charge in [0.1, 0.15) is 6.61 Å². The van der Waals surface area contributed by atoms with E-state index in [0.29, 0.717) is 18.1 Å². The van der Waals surface area contributed by atoms with E-state index in [1.165, 1.54) is 0 Å². The van der Waals surface area contributed by atoms with Crippen molar-refractivity contribution in [2.75, 3.05) is 6.61 Å². The van der Waals surface area contributed by atoms with Crippen LogP contribution in [0.15, 0.2) is 61.1 Å². The quantitative estimate of drug-likeness (QED) is 0.609. The number of ether oxygens (including phenoxy) is 2. The van der Waals surface area contributed by atoms with Crippen LogP contribution in [0.2, 0.25) is 0 Å². The van der Waals surface area contributed by atoms with Crippen LogP contribution in [0, 0.1) is 0 Å². The van der Waals surface area contributed by atoms with Gasteiger partial charge in [-0.05, 0) is 35.9 Å². The zero-order valence-electron chi connectivity index (χ0n) is 13.2. The molecule has 0 saturated heterocycles. The number of rotatable bonds is 2. The summed E-state index contributed by atoms with van der Waals surface area (Å²) in [6.45, 7) is 0.411. The number of aromatic nitrogens is 4. The number of benzene rings is 1. The SMILES string of the molecule is c1ccc2c(c1)OCC(c1nc3ncc(-c4ccncc4)cc3[nH]1)O2. The summed E-state index contributed by atoms with van der Waals surface area (Å²) in [6, 6.07) is 13.6. The molecule has 122 valence electrons. The van der Waals surface area contributed by atoms with E-state index < -0.39 is 0 Å². The monoisotopic (exact) mass is 330 g/mol. The summed E-state index contributed by atoms with van der Waals surface area (Å²) in [5, 5.41) is 0. The van der Waals surface area contributed by atoms with Gasteiger partial charge in [0.05, 0.1) is 5.52 Å². The highest BCUT2D eigenvalue weighted by molar-refractivity contribution is 5.78. The Bertz CT molecular complexity index is 1050. The topological polar surface area (TPSA) is 72.9 Å². The zero-order valence-corrected chi connectivity index (χ0v) is 13.2. The van der Waals surface area contributed by atoms with Gasteiger partial charge in [0.25, 0.3) is 0 Å². The molecular weight excluding hydrogens is 316 g/mol. The fourth-order valence-corrected chi connectivity index (χ4v) is 2.93. The Morgan fingerprint density at radius 1 is 1.00 bits per heavy atom. The maximum Gasteiger partial charge on any atom is 0.190 e. The van der Waals surface area contributed by atoms with E-state index in [0.717, 1.165) is 28.1 Å². The molecule has 0 radical (unpaired) electrons. The summed E-state index contributed by atoms with van der Waals surface area (Å²) in [5.74, 6) is 2.20. The molecule has 1 atom stereocenters. The number of H-pyrrole nitrogens is 1. The van der Waals surface area contributed by atoms with Crippen molar-refractivity contribution in [3.05, 3.63) is 66.9 Å². The summed E-state index contributed by atoms with van der Waals surface area (Å²) in [7, 11) is 0.